The van der Waals surface area contributed by atoms with Crippen LogP contribution in [0.25, 0.3) is 98.0 Å². The first-order chi connectivity index (χ1) is 23.8. The highest BCUT2D eigenvalue weighted by Gasteiger charge is 2.18. The van der Waals surface area contributed by atoms with Gasteiger partial charge in [0.2, 0.25) is 0 Å². The molecule has 0 unspecified atom stereocenters. The summed E-state index contributed by atoms with van der Waals surface area (Å²) in [6, 6.07) is 67.1. The molecule has 0 bridgehead atoms. The summed E-state index contributed by atoms with van der Waals surface area (Å²) in [5.74, 6) is 0. The molecule has 0 N–H and O–H groups in total. The van der Waals surface area contributed by atoms with E-state index in [4.69, 9.17) is 0 Å². The van der Waals surface area contributed by atoms with Crippen LogP contribution in [0.1, 0.15) is 0 Å². The molecule has 0 spiro atoms. The molecule has 0 heterocycles. The van der Waals surface area contributed by atoms with Crippen molar-refractivity contribution in [2.45, 2.75) is 0 Å². The molecule has 0 aliphatic heterocycles. The first-order valence-corrected chi connectivity index (χ1v) is 16.7. The van der Waals surface area contributed by atoms with Crippen LogP contribution in [0.15, 0.2) is 182 Å². The van der Waals surface area contributed by atoms with Crippen molar-refractivity contribution in [3.05, 3.63) is 182 Å². The van der Waals surface area contributed by atoms with Gasteiger partial charge in [-0.05, 0) is 116 Å². The van der Waals surface area contributed by atoms with Crippen LogP contribution in [0.2, 0.25) is 0 Å². The number of rotatable bonds is 3. The lowest BCUT2D eigenvalue weighted by molar-refractivity contribution is 1.66. The number of benzene rings is 10. The fourth-order valence-electron chi connectivity index (χ4n) is 7.94. The van der Waals surface area contributed by atoms with E-state index in [2.05, 4.69) is 182 Å². The van der Waals surface area contributed by atoms with Gasteiger partial charge in [0.25, 0.3) is 0 Å². The quantitative estimate of drug-likeness (QED) is 0.139. The predicted octanol–water partition coefficient (Wildman–Crippen LogP) is 13.6. The largest absolute Gasteiger partial charge is 0.0616 e. The summed E-state index contributed by atoms with van der Waals surface area (Å²) >= 11 is 0. The van der Waals surface area contributed by atoms with Crippen molar-refractivity contribution < 1.29 is 0 Å². The molecule has 0 amide bonds. The molecular weight excluding hydrogens is 577 g/mol. The highest BCUT2D eigenvalue weighted by molar-refractivity contribution is 6.23. The summed E-state index contributed by atoms with van der Waals surface area (Å²) in [6.07, 6.45) is 0. The Bertz CT molecular complexity index is 2830. The smallest absolute Gasteiger partial charge is 0.00201 e. The zero-order valence-electron chi connectivity index (χ0n) is 26.3. The zero-order chi connectivity index (χ0) is 31.6. The Kier molecular flexibility index (Phi) is 5.98. The normalized spacial score (nSPS) is 11.8. The third-order valence-corrected chi connectivity index (χ3v) is 10.2. The molecule has 0 aliphatic carbocycles. The fourth-order valence-corrected chi connectivity index (χ4v) is 7.94. The van der Waals surface area contributed by atoms with Gasteiger partial charge >= 0.3 is 0 Å². The van der Waals surface area contributed by atoms with Crippen LogP contribution in [-0.2, 0) is 0 Å². The summed E-state index contributed by atoms with van der Waals surface area (Å²) in [5, 5.41) is 15.3. The molecule has 10 aromatic rings. The minimum Gasteiger partial charge on any atom is -0.0616 e. The van der Waals surface area contributed by atoms with E-state index in [9.17, 15) is 0 Å². The molecule has 0 aromatic heterocycles. The molecular formula is C48H30. The number of fused-ring (bicyclic) bond motifs is 7. The molecule has 10 rings (SSSR count). The Balaban J connectivity index is 1.15. The maximum Gasteiger partial charge on any atom is -0.00201 e. The molecule has 222 valence electrons. The summed E-state index contributed by atoms with van der Waals surface area (Å²) in [7, 11) is 0. The highest BCUT2D eigenvalue weighted by Crippen LogP contribution is 2.45. The number of hydrogen-bond donors (Lipinski definition) is 0. The van der Waals surface area contributed by atoms with Gasteiger partial charge in [0, 0.05) is 0 Å². The van der Waals surface area contributed by atoms with Crippen molar-refractivity contribution in [2.75, 3.05) is 0 Å². The monoisotopic (exact) mass is 606 g/mol. The van der Waals surface area contributed by atoms with Crippen molar-refractivity contribution >= 4 is 64.6 Å². The summed E-state index contributed by atoms with van der Waals surface area (Å²) < 4.78 is 0. The van der Waals surface area contributed by atoms with E-state index in [1.54, 1.807) is 0 Å². The van der Waals surface area contributed by atoms with Crippen molar-refractivity contribution in [1.82, 2.24) is 0 Å². The Labute approximate surface area is 279 Å². The third kappa shape index (κ3) is 4.16. The van der Waals surface area contributed by atoms with Gasteiger partial charge in [0.1, 0.15) is 0 Å². The van der Waals surface area contributed by atoms with Crippen molar-refractivity contribution in [3.8, 4) is 33.4 Å². The highest BCUT2D eigenvalue weighted by atomic mass is 14.2. The van der Waals surface area contributed by atoms with E-state index in [-0.39, 0.29) is 0 Å². The first kappa shape index (κ1) is 26.9. The van der Waals surface area contributed by atoms with E-state index in [1.807, 2.05) is 0 Å². The van der Waals surface area contributed by atoms with Gasteiger partial charge in [-0.2, -0.15) is 0 Å². The third-order valence-electron chi connectivity index (χ3n) is 10.2. The van der Waals surface area contributed by atoms with Gasteiger partial charge in [-0.1, -0.05) is 164 Å². The van der Waals surface area contributed by atoms with E-state index in [1.165, 1.54) is 98.0 Å². The second kappa shape index (κ2) is 10.7. The molecule has 0 atom stereocenters. The van der Waals surface area contributed by atoms with Crippen LogP contribution >= 0.6 is 0 Å². The maximum absolute atomic E-state index is 2.37. The molecule has 0 fully saturated rings. The minimum absolute atomic E-state index is 1.24. The molecule has 0 heteroatoms. The second-order valence-corrected chi connectivity index (χ2v) is 12.9. The first-order valence-electron chi connectivity index (χ1n) is 16.7. The average Bonchev–Trinajstić information content (AvgIpc) is 3.16. The van der Waals surface area contributed by atoms with Gasteiger partial charge in [0.05, 0.1) is 0 Å². The van der Waals surface area contributed by atoms with Gasteiger partial charge in [0.15, 0.2) is 0 Å². The van der Waals surface area contributed by atoms with Crippen LogP contribution in [0.5, 0.6) is 0 Å². The standard InChI is InChI=1S/C48H30/c1-3-13-39-31(10-1)12-9-19-41(39)48-44-17-7-5-15-42(44)47(43-16-6-8-18-45(43)48)38-27-26-34-28-35(24-25-36(34)29-38)37-23-22-33-21-20-32-11-2-4-14-40(32)46(33)30-37/h1-30H. The Morgan fingerprint density at radius 3 is 1.29 bits per heavy atom. The van der Waals surface area contributed by atoms with Gasteiger partial charge in [-0.3, -0.25) is 0 Å². The number of hydrogen-bond acceptors (Lipinski definition) is 0. The lowest BCUT2D eigenvalue weighted by Crippen LogP contribution is -1.91. The molecule has 0 saturated carbocycles. The molecule has 48 heavy (non-hydrogen) atoms. The Morgan fingerprint density at radius 2 is 0.625 bits per heavy atom. The van der Waals surface area contributed by atoms with Gasteiger partial charge in [-0.25, -0.2) is 0 Å². The molecule has 0 aliphatic rings. The van der Waals surface area contributed by atoms with Crippen molar-refractivity contribution in [1.29, 1.82) is 0 Å². The topological polar surface area (TPSA) is 0 Å². The molecule has 0 saturated heterocycles. The van der Waals surface area contributed by atoms with Crippen molar-refractivity contribution in [3.63, 3.8) is 0 Å². The van der Waals surface area contributed by atoms with Crippen LogP contribution in [0, 0.1) is 0 Å². The molecule has 10 aromatic carbocycles. The average molecular weight is 607 g/mol. The SMILES string of the molecule is c1ccc2c(-c3c4ccccc4c(-c4ccc5cc(-c6ccc7ccc8ccccc8c7c6)ccc5c4)c4ccccc34)cccc2c1. The van der Waals surface area contributed by atoms with E-state index >= 15 is 0 Å². The van der Waals surface area contributed by atoms with Gasteiger partial charge < -0.3 is 0 Å². The van der Waals surface area contributed by atoms with Crippen LogP contribution < -0.4 is 0 Å². The lowest BCUT2D eigenvalue weighted by Gasteiger charge is -2.19. The predicted molar refractivity (Wildman–Crippen MR) is 208 cm³/mol. The van der Waals surface area contributed by atoms with Gasteiger partial charge in [-0.15, -0.1) is 0 Å². The maximum atomic E-state index is 2.37. The summed E-state index contributed by atoms with van der Waals surface area (Å²) in [4.78, 5) is 0. The van der Waals surface area contributed by atoms with Crippen LogP contribution in [0.3, 0.4) is 0 Å². The second-order valence-electron chi connectivity index (χ2n) is 12.9. The zero-order valence-corrected chi connectivity index (χ0v) is 26.3. The van der Waals surface area contributed by atoms with E-state index in [0.717, 1.165) is 0 Å². The molecule has 0 radical (unpaired) electrons. The lowest BCUT2D eigenvalue weighted by atomic mass is 9.84. The molecule has 0 nitrogen and oxygen atoms in total. The van der Waals surface area contributed by atoms with E-state index < -0.39 is 0 Å². The fraction of sp³-hybridized carbons (Fsp3) is 0. The van der Waals surface area contributed by atoms with Crippen LogP contribution in [0.4, 0.5) is 0 Å². The summed E-state index contributed by atoms with van der Waals surface area (Å²) in [6.45, 7) is 0. The van der Waals surface area contributed by atoms with E-state index in [0.29, 0.717) is 0 Å². The minimum atomic E-state index is 1.24. The summed E-state index contributed by atoms with van der Waals surface area (Å²) in [5.41, 5.74) is 7.59. The Morgan fingerprint density at radius 1 is 0.208 bits per heavy atom. The Hall–Kier alpha value is -6.24. The van der Waals surface area contributed by atoms with Crippen molar-refractivity contribution in [2.24, 2.45) is 0 Å². The van der Waals surface area contributed by atoms with Crippen LogP contribution in [-0.4, -0.2) is 0 Å².